The van der Waals surface area contributed by atoms with Gasteiger partial charge >= 0.3 is 6.18 Å². The number of alkyl halides is 3. The molecule has 0 bridgehead atoms. The third kappa shape index (κ3) is 6.67. The summed E-state index contributed by atoms with van der Waals surface area (Å²) in [6.45, 7) is 4.03. The van der Waals surface area contributed by atoms with Crippen molar-refractivity contribution in [2.75, 3.05) is 25.4 Å². The Morgan fingerprint density at radius 3 is 2.15 bits per heavy atom. The molecule has 1 aromatic rings. The lowest BCUT2D eigenvalue weighted by Gasteiger charge is -2.44. The molecule has 2 aliphatic heterocycles. The Hall–Kier alpha value is -1.70. The number of nitrogens with zero attached hydrogens (tertiary/aromatic N) is 2. The van der Waals surface area contributed by atoms with Gasteiger partial charge in [0.25, 0.3) is 5.91 Å². The second kappa shape index (κ2) is 11.6. The largest absolute Gasteiger partial charge is 0.416 e. The van der Waals surface area contributed by atoms with Crippen LogP contribution in [0.3, 0.4) is 0 Å². The molecule has 2 amide bonds. The Morgan fingerprint density at radius 2 is 1.55 bits per heavy atom. The molecule has 2 aliphatic rings. The third-order valence-corrected chi connectivity index (χ3v) is 8.33. The molecule has 0 saturated carbocycles. The lowest BCUT2D eigenvalue weighted by Crippen LogP contribution is -2.53. The van der Waals surface area contributed by atoms with Crippen LogP contribution in [0, 0.1) is 0 Å². The quantitative estimate of drug-likeness (QED) is 0.383. The molecule has 184 valence electrons. The lowest BCUT2D eigenvalue weighted by atomic mass is 10.00. The number of unbranched alkanes of at least 4 members (excludes halogenated alkanes) is 6. The maximum atomic E-state index is 13.1. The summed E-state index contributed by atoms with van der Waals surface area (Å²) < 4.78 is 38.5. The Labute approximate surface area is 199 Å². The molecule has 0 unspecified atom stereocenters. The highest BCUT2D eigenvalue weighted by atomic mass is 32.2. The molecule has 3 rings (SSSR count). The predicted octanol–water partition coefficient (Wildman–Crippen LogP) is 6.35. The number of carbonyl (C=O) groups is 2. The highest BCUT2D eigenvalue weighted by Gasteiger charge is 2.47. The van der Waals surface area contributed by atoms with Crippen LogP contribution in [0.1, 0.15) is 87.1 Å². The van der Waals surface area contributed by atoms with Gasteiger partial charge in [-0.05, 0) is 43.5 Å². The van der Waals surface area contributed by atoms with Crippen molar-refractivity contribution in [3.8, 4) is 0 Å². The first-order valence-electron chi connectivity index (χ1n) is 12.2. The van der Waals surface area contributed by atoms with E-state index in [1.54, 1.807) is 11.8 Å². The van der Waals surface area contributed by atoms with E-state index < -0.39 is 11.7 Å². The fraction of sp³-hybridized carbons (Fsp3) is 0.680. The zero-order chi connectivity index (χ0) is 23.9. The van der Waals surface area contributed by atoms with Crippen molar-refractivity contribution in [3.63, 3.8) is 0 Å². The van der Waals surface area contributed by atoms with Crippen LogP contribution in [0.2, 0.25) is 0 Å². The van der Waals surface area contributed by atoms with Crippen LogP contribution >= 0.6 is 11.8 Å². The first-order chi connectivity index (χ1) is 15.8. The van der Waals surface area contributed by atoms with Crippen molar-refractivity contribution in [2.45, 2.75) is 82.2 Å². The summed E-state index contributed by atoms with van der Waals surface area (Å²) in [5.41, 5.74) is -0.473. The van der Waals surface area contributed by atoms with Gasteiger partial charge in [-0.15, -0.1) is 11.8 Å². The van der Waals surface area contributed by atoms with Crippen molar-refractivity contribution >= 4 is 23.6 Å². The number of piperidine rings is 1. The van der Waals surface area contributed by atoms with Gasteiger partial charge in [0, 0.05) is 37.4 Å². The van der Waals surface area contributed by atoms with Crippen molar-refractivity contribution < 1.29 is 22.8 Å². The average Bonchev–Trinajstić information content (AvgIpc) is 3.20. The third-order valence-electron chi connectivity index (χ3n) is 6.77. The van der Waals surface area contributed by atoms with E-state index in [1.807, 2.05) is 9.80 Å². The van der Waals surface area contributed by atoms with Crippen molar-refractivity contribution in [2.24, 2.45) is 0 Å². The molecule has 4 nitrogen and oxygen atoms in total. The van der Waals surface area contributed by atoms with Crippen LogP contribution in [0.15, 0.2) is 24.3 Å². The molecule has 0 aromatic heterocycles. The summed E-state index contributed by atoms with van der Waals surface area (Å²) in [4.78, 5) is 29.1. The van der Waals surface area contributed by atoms with Gasteiger partial charge in [0.15, 0.2) is 0 Å². The van der Waals surface area contributed by atoms with Gasteiger partial charge in [-0.25, -0.2) is 0 Å². The lowest BCUT2D eigenvalue weighted by molar-refractivity contribution is -0.137. The summed E-state index contributed by atoms with van der Waals surface area (Å²) in [6, 6.07) is 4.47. The first-order valence-corrected chi connectivity index (χ1v) is 13.2. The molecular formula is C25H35F3N2O2S. The first kappa shape index (κ1) is 25.9. The van der Waals surface area contributed by atoms with Gasteiger partial charge in [-0.1, -0.05) is 45.4 Å². The van der Waals surface area contributed by atoms with Crippen LogP contribution in [0.5, 0.6) is 0 Å². The smallest absolute Gasteiger partial charge is 0.342 e. The van der Waals surface area contributed by atoms with Crippen LogP contribution in [0.25, 0.3) is 0 Å². The molecule has 2 saturated heterocycles. The van der Waals surface area contributed by atoms with Crippen molar-refractivity contribution in [3.05, 3.63) is 35.4 Å². The van der Waals surface area contributed by atoms with Gasteiger partial charge in [-0.2, -0.15) is 13.2 Å². The van der Waals surface area contributed by atoms with Crippen molar-refractivity contribution in [1.29, 1.82) is 0 Å². The van der Waals surface area contributed by atoms with Gasteiger partial charge in [0.05, 0.1) is 10.4 Å². The van der Waals surface area contributed by atoms with Crippen LogP contribution < -0.4 is 0 Å². The zero-order valence-electron chi connectivity index (χ0n) is 19.5. The molecule has 0 aliphatic carbocycles. The zero-order valence-corrected chi connectivity index (χ0v) is 20.3. The van der Waals surface area contributed by atoms with Crippen LogP contribution in [0.4, 0.5) is 13.2 Å². The minimum absolute atomic E-state index is 0.196. The molecule has 8 heteroatoms. The van der Waals surface area contributed by atoms with Gasteiger partial charge < -0.3 is 9.80 Å². The van der Waals surface area contributed by atoms with E-state index in [4.69, 9.17) is 0 Å². The summed E-state index contributed by atoms with van der Waals surface area (Å²) in [5.74, 6) is 0.775. The molecule has 33 heavy (non-hydrogen) atoms. The standard InChI is InChI=1S/C25H35F3N2O2S/c1-2-3-4-5-6-7-8-9-22(31)29-16-14-24(15-17-29)30(18-19-33-24)23(32)20-10-12-21(13-11-20)25(26,27)28/h10-13H,2-9,14-19H2,1H3. The van der Waals surface area contributed by atoms with Crippen LogP contribution in [-0.4, -0.2) is 51.9 Å². The number of hydrogen-bond donors (Lipinski definition) is 0. The molecular weight excluding hydrogens is 449 g/mol. The van der Waals surface area contributed by atoms with Crippen molar-refractivity contribution in [1.82, 2.24) is 9.80 Å². The van der Waals surface area contributed by atoms with E-state index in [9.17, 15) is 22.8 Å². The number of benzene rings is 1. The summed E-state index contributed by atoms with van der Waals surface area (Å²) >= 11 is 1.74. The second-order valence-corrected chi connectivity index (χ2v) is 10.5. The molecule has 2 fully saturated rings. The molecule has 0 N–H and O–H groups in total. The molecule has 1 aromatic carbocycles. The molecule has 0 radical (unpaired) electrons. The van der Waals surface area contributed by atoms with Gasteiger partial charge in [0.1, 0.15) is 0 Å². The Balaban J connectivity index is 1.49. The number of carbonyl (C=O) groups excluding carboxylic acids is 2. The number of hydrogen-bond acceptors (Lipinski definition) is 3. The van der Waals surface area contributed by atoms with E-state index >= 15 is 0 Å². The molecule has 1 spiro atoms. The second-order valence-electron chi connectivity index (χ2n) is 9.08. The topological polar surface area (TPSA) is 40.6 Å². The van der Waals surface area contributed by atoms with E-state index in [0.717, 1.165) is 30.7 Å². The number of halogens is 3. The highest BCUT2D eigenvalue weighted by molar-refractivity contribution is 8.00. The Kier molecular flexibility index (Phi) is 9.13. The summed E-state index contributed by atoms with van der Waals surface area (Å²) in [6.07, 6.45) is 5.83. The maximum Gasteiger partial charge on any atom is 0.416 e. The van der Waals surface area contributed by atoms with E-state index in [2.05, 4.69) is 6.92 Å². The SMILES string of the molecule is CCCCCCCCCC(=O)N1CCC2(CC1)SCCN2C(=O)c1ccc(C(F)(F)F)cc1. The fourth-order valence-corrected chi connectivity index (χ4v) is 6.22. The van der Waals surface area contributed by atoms with E-state index in [1.165, 1.54) is 44.2 Å². The number of likely N-dealkylation sites (tertiary alicyclic amines) is 1. The number of thioether (sulfide) groups is 1. The molecule has 0 atom stereocenters. The number of rotatable bonds is 9. The predicted molar refractivity (Wildman–Crippen MR) is 126 cm³/mol. The van der Waals surface area contributed by atoms with Gasteiger partial charge in [0.2, 0.25) is 5.91 Å². The van der Waals surface area contributed by atoms with Crippen LogP contribution in [-0.2, 0) is 11.0 Å². The highest BCUT2D eigenvalue weighted by Crippen LogP contribution is 2.44. The molecule has 2 heterocycles. The number of amides is 2. The minimum atomic E-state index is -4.42. The van der Waals surface area contributed by atoms with E-state index in [-0.39, 0.29) is 22.2 Å². The summed E-state index contributed by atoms with van der Waals surface area (Å²) in [5, 5.41) is 0. The maximum absolute atomic E-state index is 13.1. The van der Waals surface area contributed by atoms with Gasteiger partial charge in [-0.3, -0.25) is 9.59 Å². The summed E-state index contributed by atoms with van der Waals surface area (Å²) in [7, 11) is 0. The Bertz CT molecular complexity index is 790. The average molecular weight is 485 g/mol. The minimum Gasteiger partial charge on any atom is -0.342 e. The van der Waals surface area contributed by atoms with E-state index in [0.29, 0.717) is 38.9 Å². The fourth-order valence-electron chi connectivity index (χ4n) is 4.76. The Morgan fingerprint density at radius 1 is 0.939 bits per heavy atom. The monoisotopic (exact) mass is 484 g/mol. The normalized spacial score (nSPS) is 18.2.